The van der Waals surface area contributed by atoms with Gasteiger partial charge in [0, 0.05) is 5.69 Å². The lowest BCUT2D eigenvalue weighted by molar-refractivity contribution is -0.118. The monoisotopic (exact) mass is 344 g/mol. The first kappa shape index (κ1) is 15.1. The lowest BCUT2D eigenvalue weighted by atomic mass is 10.2. The summed E-state index contributed by atoms with van der Waals surface area (Å²) in [5.41, 5.74) is 2.29. The summed E-state index contributed by atoms with van der Waals surface area (Å²) in [5, 5.41) is 11.4. The van der Waals surface area contributed by atoms with E-state index in [1.165, 1.54) is 0 Å². The van der Waals surface area contributed by atoms with Gasteiger partial charge in [-0.1, -0.05) is 6.07 Å². The van der Waals surface area contributed by atoms with Crippen LogP contribution in [0.2, 0.25) is 0 Å². The third-order valence-electron chi connectivity index (χ3n) is 2.74. The van der Waals surface area contributed by atoms with Crippen LogP contribution in [0.1, 0.15) is 11.1 Å². The molecule has 0 bridgehead atoms. The van der Waals surface area contributed by atoms with Crippen molar-refractivity contribution < 1.29 is 9.53 Å². The average molecular weight is 345 g/mol. The van der Waals surface area contributed by atoms with Gasteiger partial charge in [0.05, 0.1) is 16.1 Å². The molecule has 2 rings (SSSR count). The molecule has 0 saturated heterocycles. The number of carbonyl (C=O) groups excluding carboxylic acids is 1. The summed E-state index contributed by atoms with van der Waals surface area (Å²) < 4.78 is 6.27. The van der Waals surface area contributed by atoms with E-state index in [0.29, 0.717) is 17.0 Å². The van der Waals surface area contributed by atoms with Crippen molar-refractivity contribution >= 4 is 27.5 Å². The summed E-state index contributed by atoms with van der Waals surface area (Å²) >= 11 is 3.39. The zero-order valence-electron chi connectivity index (χ0n) is 11.4. The third-order valence-corrected chi connectivity index (χ3v) is 3.36. The van der Waals surface area contributed by atoms with E-state index in [0.717, 1.165) is 10.0 Å². The van der Waals surface area contributed by atoms with Gasteiger partial charge in [-0.2, -0.15) is 5.26 Å². The van der Waals surface area contributed by atoms with Crippen molar-refractivity contribution in [1.29, 1.82) is 5.26 Å². The highest BCUT2D eigenvalue weighted by atomic mass is 79.9. The highest BCUT2D eigenvalue weighted by Gasteiger charge is 2.06. The number of amides is 1. The van der Waals surface area contributed by atoms with Crippen molar-refractivity contribution in [2.45, 2.75) is 6.92 Å². The van der Waals surface area contributed by atoms with Crippen LogP contribution in [-0.2, 0) is 4.79 Å². The van der Waals surface area contributed by atoms with E-state index in [9.17, 15) is 4.79 Å². The van der Waals surface area contributed by atoms with E-state index in [1.807, 2.05) is 31.2 Å². The van der Waals surface area contributed by atoms with E-state index in [4.69, 9.17) is 10.00 Å². The Morgan fingerprint density at radius 3 is 2.62 bits per heavy atom. The number of ether oxygens (including phenoxy) is 1. The van der Waals surface area contributed by atoms with E-state index < -0.39 is 0 Å². The van der Waals surface area contributed by atoms with E-state index in [2.05, 4.69) is 21.2 Å². The van der Waals surface area contributed by atoms with Crippen molar-refractivity contribution in [2.75, 3.05) is 11.9 Å². The van der Waals surface area contributed by atoms with Gasteiger partial charge in [0.2, 0.25) is 0 Å². The molecule has 4 nitrogen and oxygen atoms in total. The second-order valence-electron chi connectivity index (χ2n) is 4.46. The van der Waals surface area contributed by atoms with Gasteiger partial charge in [-0.15, -0.1) is 0 Å². The molecule has 1 amide bonds. The number of nitrogens with one attached hydrogen (secondary N) is 1. The van der Waals surface area contributed by atoms with Crippen LogP contribution in [0.5, 0.6) is 5.75 Å². The lowest BCUT2D eigenvalue weighted by Crippen LogP contribution is -2.20. The molecule has 0 aliphatic rings. The molecule has 0 atom stereocenters. The quantitative estimate of drug-likeness (QED) is 0.920. The SMILES string of the molecule is Cc1ccc(OCC(=O)Nc2ccc(C#N)cc2)c(Br)c1. The van der Waals surface area contributed by atoms with Crippen LogP contribution in [0.25, 0.3) is 0 Å². The van der Waals surface area contributed by atoms with Crippen LogP contribution in [-0.4, -0.2) is 12.5 Å². The number of aryl methyl sites for hydroxylation is 1. The second kappa shape index (κ2) is 6.91. The maximum absolute atomic E-state index is 11.8. The predicted octanol–water partition coefficient (Wildman–Crippen LogP) is 3.65. The first-order chi connectivity index (χ1) is 10.1. The number of rotatable bonds is 4. The van der Waals surface area contributed by atoms with Crippen LogP contribution in [0.3, 0.4) is 0 Å². The van der Waals surface area contributed by atoms with Gasteiger partial charge in [-0.25, -0.2) is 0 Å². The van der Waals surface area contributed by atoms with E-state index in [-0.39, 0.29) is 12.5 Å². The summed E-state index contributed by atoms with van der Waals surface area (Å²) in [6.45, 7) is 1.90. The molecule has 0 aliphatic carbocycles. The molecule has 0 fully saturated rings. The Hall–Kier alpha value is -2.32. The van der Waals surface area contributed by atoms with Crippen molar-refractivity contribution in [2.24, 2.45) is 0 Å². The number of nitriles is 1. The molecule has 21 heavy (non-hydrogen) atoms. The summed E-state index contributed by atoms with van der Waals surface area (Å²) in [4.78, 5) is 11.8. The number of halogens is 1. The number of hydrogen-bond acceptors (Lipinski definition) is 3. The standard InChI is InChI=1S/C16H13BrN2O2/c1-11-2-7-15(14(17)8-11)21-10-16(20)19-13-5-3-12(9-18)4-6-13/h2-8H,10H2,1H3,(H,19,20). The molecule has 0 heterocycles. The van der Waals surface area contributed by atoms with Gasteiger partial charge in [0.1, 0.15) is 5.75 Å². The molecule has 0 aromatic heterocycles. The summed E-state index contributed by atoms with van der Waals surface area (Å²) in [6.07, 6.45) is 0. The molecule has 0 radical (unpaired) electrons. The van der Waals surface area contributed by atoms with Gasteiger partial charge in [0.25, 0.3) is 5.91 Å². The molecule has 106 valence electrons. The Labute approximate surface area is 131 Å². The van der Waals surface area contributed by atoms with Crippen molar-refractivity contribution in [3.05, 3.63) is 58.1 Å². The van der Waals surface area contributed by atoms with Gasteiger partial charge in [-0.3, -0.25) is 4.79 Å². The fraction of sp³-hybridized carbons (Fsp3) is 0.125. The maximum atomic E-state index is 11.8. The Balaban J connectivity index is 1.91. The first-order valence-electron chi connectivity index (χ1n) is 6.27. The molecule has 2 aromatic carbocycles. The molecule has 2 aromatic rings. The van der Waals surface area contributed by atoms with Crippen LogP contribution in [0.4, 0.5) is 5.69 Å². The number of anilines is 1. The maximum Gasteiger partial charge on any atom is 0.262 e. The molecular weight excluding hydrogens is 332 g/mol. The molecule has 1 N–H and O–H groups in total. The first-order valence-corrected chi connectivity index (χ1v) is 7.07. The Morgan fingerprint density at radius 2 is 2.00 bits per heavy atom. The minimum atomic E-state index is -0.257. The molecule has 0 spiro atoms. The average Bonchev–Trinajstić information content (AvgIpc) is 2.47. The largest absolute Gasteiger partial charge is 0.483 e. The zero-order chi connectivity index (χ0) is 15.2. The Morgan fingerprint density at radius 1 is 1.29 bits per heavy atom. The van der Waals surface area contributed by atoms with Crippen molar-refractivity contribution in [3.63, 3.8) is 0 Å². The fourth-order valence-corrected chi connectivity index (χ4v) is 2.30. The van der Waals surface area contributed by atoms with Gasteiger partial charge in [0.15, 0.2) is 6.61 Å². The Bertz CT molecular complexity index is 690. The molecule has 5 heteroatoms. The van der Waals surface area contributed by atoms with Crippen LogP contribution in [0, 0.1) is 18.3 Å². The minimum absolute atomic E-state index is 0.0817. The smallest absolute Gasteiger partial charge is 0.262 e. The van der Waals surface area contributed by atoms with Crippen LogP contribution < -0.4 is 10.1 Å². The molecule has 0 unspecified atom stereocenters. The van der Waals surface area contributed by atoms with E-state index in [1.54, 1.807) is 24.3 Å². The van der Waals surface area contributed by atoms with Gasteiger partial charge < -0.3 is 10.1 Å². The highest BCUT2D eigenvalue weighted by Crippen LogP contribution is 2.25. The molecule has 0 aliphatic heterocycles. The summed E-state index contributed by atoms with van der Waals surface area (Å²) in [5.74, 6) is 0.364. The predicted molar refractivity (Wildman–Crippen MR) is 84.2 cm³/mol. The Kier molecular flexibility index (Phi) is 4.96. The number of benzene rings is 2. The second-order valence-corrected chi connectivity index (χ2v) is 5.31. The lowest BCUT2D eigenvalue weighted by Gasteiger charge is -2.09. The fourth-order valence-electron chi connectivity index (χ4n) is 1.69. The molecular formula is C16H13BrN2O2. The van der Waals surface area contributed by atoms with Gasteiger partial charge >= 0.3 is 0 Å². The number of carbonyl (C=O) groups is 1. The van der Waals surface area contributed by atoms with Crippen LogP contribution in [0.15, 0.2) is 46.9 Å². The number of nitrogens with zero attached hydrogens (tertiary/aromatic N) is 1. The summed E-state index contributed by atoms with van der Waals surface area (Å²) in [7, 11) is 0. The minimum Gasteiger partial charge on any atom is -0.483 e. The summed E-state index contributed by atoms with van der Waals surface area (Å²) in [6, 6.07) is 14.3. The van der Waals surface area contributed by atoms with E-state index >= 15 is 0 Å². The highest BCUT2D eigenvalue weighted by molar-refractivity contribution is 9.10. The number of hydrogen-bond donors (Lipinski definition) is 1. The van der Waals surface area contributed by atoms with Crippen LogP contribution >= 0.6 is 15.9 Å². The normalized spacial score (nSPS) is 9.76. The third kappa shape index (κ3) is 4.33. The van der Waals surface area contributed by atoms with Gasteiger partial charge in [-0.05, 0) is 64.8 Å². The molecule has 0 saturated carbocycles. The van der Waals surface area contributed by atoms with Crippen molar-refractivity contribution in [1.82, 2.24) is 0 Å². The van der Waals surface area contributed by atoms with Crippen molar-refractivity contribution in [3.8, 4) is 11.8 Å². The topological polar surface area (TPSA) is 62.1 Å². The zero-order valence-corrected chi connectivity index (χ0v) is 13.0.